The van der Waals surface area contributed by atoms with Gasteiger partial charge in [-0.1, -0.05) is 12.1 Å². The van der Waals surface area contributed by atoms with Crippen LogP contribution < -0.4 is 10.2 Å². The fourth-order valence-corrected chi connectivity index (χ4v) is 3.76. The first-order valence-electron chi connectivity index (χ1n) is 8.69. The van der Waals surface area contributed by atoms with E-state index in [4.69, 9.17) is 16.6 Å². The number of aromatic nitrogens is 1. The Morgan fingerprint density at radius 3 is 2.54 bits per heavy atom. The standard InChI is InChI=1S/C21H21N3OS/c1-13-7-9-16(12-14(13)2)24-20(18-10-8-15(3)25-18)19(23-21(24)26)17-6-4-5-11-22-17/h4-12,19-20H,1-3H3,(H,23,26)/t19-,20+/m0/s1. The molecule has 0 spiro atoms. The number of thiocarbonyl (C=S) groups is 1. The summed E-state index contributed by atoms with van der Waals surface area (Å²) in [7, 11) is 0. The van der Waals surface area contributed by atoms with E-state index in [1.54, 1.807) is 0 Å². The number of hydrogen-bond donors (Lipinski definition) is 1. The van der Waals surface area contributed by atoms with E-state index >= 15 is 0 Å². The number of anilines is 1. The van der Waals surface area contributed by atoms with E-state index < -0.39 is 0 Å². The Morgan fingerprint density at radius 1 is 1.04 bits per heavy atom. The van der Waals surface area contributed by atoms with Crippen molar-refractivity contribution in [2.45, 2.75) is 32.9 Å². The number of pyridine rings is 1. The van der Waals surface area contributed by atoms with Gasteiger partial charge < -0.3 is 14.6 Å². The van der Waals surface area contributed by atoms with E-state index in [1.165, 1.54) is 11.1 Å². The maximum absolute atomic E-state index is 6.00. The number of benzene rings is 1. The maximum atomic E-state index is 6.00. The van der Waals surface area contributed by atoms with Gasteiger partial charge in [-0.2, -0.15) is 0 Å². The Kier molecular flexibility index (Phi) is 4.24. The molecule has 0 aliphatic carbocycles. The third-order valence-corrected chi connectivity index (χ3v) is 5.23. The van der Waals surface area contributed by atoms with Crippen molar-refractivity contribution in [2.24, 2.45) is 0 Å². The average molecular weight is 363 g/mol. The molecule has 1 fully saturated rings. The maximum Gasteiger partial charge on any atom is 0.174 e. The fraction of sp³-hybridized carbons (Fsp3) is 0.238. The van der Waals surface area contributed by atoms with Crippen molar-refractivity contribution in [3.05, 3.63) is 83.1 Å². The van der Waals surface area contributed by atoms with Gasteiger partial charge in [0.15, 0.2) is 5.11 Å². The van der Waals surface area contributed by atoms with Gasteiger partial charge in [0.05, 0.1) is 11.7 Å². The lowest BCUT2D eigenvalue weighted by molar-refractivity contribution is 0.418. The second-order valence-electron chi connectivity index (χ2n) is 6.71. The number of hydrogen-bond acceptors (Lipinski definition) is 3. The molecule has 4 nitrogen and oxygen atoms in total. The van der Waals surface area contributed by atoms with E-state index in [0.717, 1.165) is 22.9 Å². The lowest BCUT2D eigenvalue weighted by atomic mass is 10.0. The van der Waals surface area contributed by atoms with Crippen LogP contribution in [0.5, 0.6) is 0 Å². The quantitative estimate of drug-likeness (QED) is 0.679. The number of nitrogens with one attached hydrogen (secondary N) is 1. The molecular weight excluding hydrogens is 342 g/mol. The van der Waals surface area contributed by atoms with E-state index in [9.17, 15) is 0 Å². The third kappa shape index (κ3) is 2.88. The van der Waals surface area contributed by atoms with Crippen molar-refractivity contribution >= 4 is 23.0 Å². The summed E-state index contributed by atoms with van der Waals surface area (Å²) in [5.41, 5.74) is 4.50. The van der Waals surface area contributed by atoms with Crippen LogP contribution in [0.15, 0.2) is 59.1 Å². The van der Waals surface area contributed by atoms with E-state index in [0.29, 0.717) is 5.11 Å². The van der Waals surface area contributed by atoms with Gasteiger partial charge in [0.1, 0.15) is 17.6 Å². The summed E-state index contributed by atoms with van der Waals surface area (Å²) in [5, 5.41) is 4.13. The number of aryl methyl sites for hydroxylation is 3. The lowest BCUT2D eigenvalue weighted by Crippen LogP contribution is -2.29. The highest BCUT2D eigenvalue weighted by molar-refractivity contribution is 7.80. The highest BCUT2D eigenvalue weighted by atomic mass is 32.1. The van der Waals surface area contributed by atoms with E-state index in [1.807, 2.05) is 43.5 Å². The smallest absolute Gasteiger partial charge is 0.174 e. The van der Waals surface area contributed by atoms with Crippen LogP contribution in [-0.2, 0) is 0 Å². The van der Waals surface area contributed by atoms with Crippen LogP contribution in [0.2, 0.25) is 0 Å². The third-order valence-electron chi connectivity index (χ3n) is 4.92. The van der Waals surface area contributed by atoms with Crippen LogP contribution in [0.4, 0.5) is 5.69 Å². The summed E-state index contributed by atoms with van der Waals surface area (Å²) >= 11 is 5.70. The molecule has 0 bridgehead atoms. The minimum Gasteiger partial charge on any atom is -0.464 e. The van der Waals surface area contributed by atoms with Crippen LogP contribution in [0.1, 0.15) is 40.4 Å². The minimum absolute atomic E-state index is 0.0733. The highest BCUT2D eigenvalue weighted by Crippen LogP contribution is 2.42. The summed E-state index contributed by atoms with van der Waals surface area (Å²) in [4.78, 5) is 6.69. The summed E-state index contributed by atoms with van der Waals surface area (Å²) in [6, 6.07) is 16.2. The topological polar surface area (TPSA) is 41.3 Å². The van der Waals surface area contributed by atoms with E-state index in [2.05, 4.69) is 47.2 Å². The molecular formula is C21H21N3OS. The molecule has 0 saturated carbocycles. The zero-order chi connectivity index (χ0) is 18.3. The van der Waals surface area contributed by atoms with Crippen molar-refractivity contribution in [3.63, 3.8) is 0 Å². The summed E-state index contributed by atoms with van der Waals surface area (Å²) in [6.45, 7) is 6.19. The van der Waals surface area contributed by atoms with Gasteiger partial charge in [0.25, 0.3) is 0 Å². The molecule has 1 N–H and O–H groups in total. The Hall–Kier alpha value is -2.66. The van der Waals surface area contributed by atoms with Crippen LogP contribution in [0, 0.1) is 20.8 Å². The number of nitrogens with zero attached hydrogens (tertiary/aromatic N) is 2. The first-order chi connectivity index (χ1) is 12.5. The zero-order valence-electron chi connectivity index (χ0n) is 15.1. The normalized spacial score (nSPS) is 19.7. The van der Waals surface area contributed by atoms with Crippen LogP contribution in [-0.4, -0.2) is 10.1 Å². The second kappa shape index (κ2) is 6.57. The Balaban J connectivity index is 1.83. The molecule has 2 atom stereocenters. The Morgan fingerprint density at radius 2 is 1.88 bits per heavy atom. The van der Waals surface area contributed by atoms with Gasteiger partial charge in [-0.3, -0.25) is 4.98 Å². The molecule has 1 aliphatic rings. The predicted molar refractivity (Wildman–Crippen MR) is 107 cm³/mol. The van der Waals surface area contributed by atoms with Crippen LogP contribution in [0.25, 0.3) is 0 Å². The molecule has 1 saturated heterocycles. The summed E-state index contributed by atoms with van der Waals surface area (Å²) < 4.78 is 6.00. The largest absolute Gasteiger partial charge is 0.464 e. The molecule has 0 radical (unpaired) electrons. The SMILES string of the molecule is Cc1ccc([C@@H]2[C@H](c3ccccn3)NC(=S)N2c2ccc(C)c(C)c2)o1. The molecule has 5 heteroatoms. The summed E-state index contributed by atoms with van der Waals surface area (Å²) in [5.74, 6) is 1.77. The van der Waals surface area contributed by atoms with Gasteiger partial charge in [-0.15, -0.1) is 0 Å². The van der Waals surface area contributed by atoms with Crippen molar-refractivity contribution in [1.29, 1.82) is 0 Å². The molecule has 26 heavy (non-hydrogen) atoms. The first kappa shape index (κ1) is 16.8. The average Bonchev–Trinajstić information content (AvgIpc) is 3.21. The van der Waals surface area contributed by atoms with Crippen molar-refractivity contribution in [3.8, 4) is 0 Å². The predicted octanol–water partition coefficient (Wildman–Crippen LogP) is 4.78. The van der Waals surface area contributed by atoms with E-state index in [-0.39, 0.29) is 12.1 Å². The lowest BCUT2D eigenvalue weighted by Gasteiger charge is -2.26. The van der Waals surface area contributed by atoms with Gasteiger partial charge in [-0.25, -0.2) is 0 Å². The summed E-state index contributed by atoms with van der Waals surface area (Å²) in [6.07, 6.45) is 1.81. The second-order valence-corrected chi connectivity index (χ2v) is 7.10. The monoisotopic (exact) mass is 363 g/mol. The first-order valence-corrected chi connectivity index (χ1v) is 9.09. The molecule has 1 aliphatic heterocycles. The molecule has 0 amide bonds. The zero-order valence-corrected chi connectivity index (χ0v) is 15.9. The molecule has 3 aromatic rings. The van der Waals surface area contributed by atoms with Crippen LogP contribution in [0.3, 0.4) is 0 Å². The molecule has 0 unspecified atom stereocenters. The Labute approximate surface area is 158 Å². The molecule has 4 rings (SSSR count). The Bertz CT molecular complexity index is 951. The molecule has 3 heterocycles. The fourth-order valence-electron chi connectivity index (χ4n) is 3.41. The number of furan rings is 1. The highest BCUT2D eigenvalue weighted by Gasteiger charge is 2.42. The van der Waals surface area contributed by atoms with Gasteiger partial charge in [-0.05, 0) is 80.5 Å². The number of rotatable bonds is 3. The van der Waals surface area contributed by atoms with Crippen molar-refractivity contribution < 1.29 is 4.42 Å². The van der Waals surface area contributed by atoms with Gasteiger partial charge >= 0.3 is 0 Å². The van der Waals surface area contributed by atoms with Crippen molar-refractivity contribution in [1.82, 2.24) is 10.3 Å². The molecule has 132 valence electrons. The van der Waals surface area contributed by atoms with Crippen LogP contribution >= 0.6 is 12.2 Å². The molecule has 2 aromatic heterocycles. The van der Waals surface area contributed by atoms with Gasteiger partial charge in [0.2, 0.25) is 0 Å². The minimum atomic E-state index is -0.0896. The van der Waals surface area contributed by atoms with Gasteiger partial charge in [0, 0.05) is 11.9 Å². The molecule has 1 aromatic carbocycles. The van der Waals surface area contributed by atoms with Crippen molar-refractivity contribution in [2.75, 3.05) is 4.90 Å².